The number of para-hydroxylation sites is 2. The van der Waals surface area contributed by atoms with Crippen LogP contribution in [0, 0.1) is 6.92 Å². The maximum Gasteiger partial charge on any atom is 0.104 e. The molecule has 1 aromatic heterocycles. The molecule has 0 unspecified atom stereocenters. The van der Waals surface area contributed by atoms with E-state index < -0.39 is 0 Å². The monoisotopic (exact) mass is 194 g/mol. The van der Waals surface area contributed by atoms with Crippen molar-refractivity contribution in [3.05, 3.63) is 30.1 Å². The van der Waals surface area contributed by atoms with E-state index in [9.17, 15) is 0 Å². The Kier molecular flexibility index (Phi) is 6.46. The van der Waals surface area contributed by atoms with Gasteiger partial charge in [0.15, 0.2) is 0 Å². The van der Waals surface area contributed by atoms with Crippen LogP contribution in [0.2, 0.25) is 0 Å². The molecule has 2 aromatic rings. The zero-order valence-electron chi connectivity index (χ0n) is 9.76. The number of nitrogens with zero attached hydrogens (tertiary/aromatic N) is 1. The van der Waals surface area contributed by atoms with E-state index in [1.807, 2.05) is 58.9 Å². The van der Waals surface area contributed by atoms with Gasteiger partial charge in [-0.05, 0) is 19.1 Å². The first-order valence-corrected chi connectivity index (χ1v) is 5.27. The fourth-order valence-electron chi connectivity index (χ4n) is 1.08. The molecule has 1 heterocycles. The van der Waals surface area contributed by atoms with Gasteiger partial charge < -0.3 is 4.98 Å². The van der Waals surface area contributed by atoms with Crippen LogP contribution in [0.5, 0.6) is 0 Å². The first-order chi connectivity index (χ1) is 6.86. The largest absolute Gasteiger partial charge is 0.342 e. The van der Waals surface area contributed by atoms with Gasteiger partial charge in [-0.2, -0.15) is 0 Å². The van der Waals surface area contributed by atoms with E-state index in [0.717, 1.165) is 16.9 Å². The van der Waals surface area contributed by atoms with Crippen LogP contribution in [-0.2, 0) is 0 Å². The average molecular weight is 194 g/mol. The Balaban J connectivity index is 0. The van der Waals surface area contributed by atoms with Gasteiger partial charge in [0.1, 0.15) is 5.82 Å². The molecule has 0 aliphatic carbocycles. The van der Waals surface area contributed by atoms with Crippen LogP contribution in [0.1, 0.15) is 34.9 Å². The van der Waals surface area contributed by atoms with Crippen molar-refractivity contribution in [2.24, 2.45) is 0 Å². The van der Waals surface area contributed by atoms with E-state index in [1.165, 1.54) is 0 Å². The second kappa shape index (κ2) is 7.13. The minimum atomic E-state index is 0. The van der Waals surface area contributed by atoms with E-state index in [4.69, 9.17) is 0 Å². The molecule has 2 rings (SSSR count). The number of imidazole rings is 1. The Bertz CT molecular complexity index is 322. The SMILES string of the molecule is CC.CC.Cc1nc2ccccc2[nH]1.[HH]. The number of hydrogen-bond acceptors (Lipinski definition) is 1. The first kappa shape index (κ1) is 12.7. The highest BCUT2D eigenvalue weighted by molar-refractivity contribution is 5.74. The number of fused-ring (bicyclic) bond motifs is 1. The Hall–Kier alpha value is -1.31. The van der Waals surface area contributed by atoms with E-state index in [0.29, 0.717) is 0 Å². The van der Waals surface area contributed by atoms with Crippen molar-refractivity contribution in [3.8, 4) is 0 Å². The lowest BCUT2D eigenvalue weighted by Gasteiger charge is -1.81. The standard InChI is InChI=1S/C8H8N2.2C2H6.H2/c1-6-9-7-4-2-3-5-8(7)10-6;2*1-2;/h2-5H,1H3,(H,9,10);2*1-2H3;1H. The zero-order valence-corrected chi connectivity index (χ0v) is 9.76. The minimum absolute atomic E-state index is 0. The molecule has 80 valence electrons. The third kappa shape index (κ3) is 3.21. The van der Waals surface area contributed by atoms with Crippen LogP contribution >= 0.6 is 0 Å². The smallest absolute Gasteiger partial charge is 0.104 e. The first-order valence-electron chi connectivity index (χ1n) is 5.27. The highest BCUT2D eigenvalue weighted by Crippen LogP contribution is 2.08. The molecule has 2 nitrogen and oxygen atoms in total. The number of benzene rings is 1. The molecule has 14 heavy (non-hydrogen) atoms. The summed E-state index contributed by atoms with van der Waals surface area (Å²) < 4.78 is 0. The highest BCUT2D eigenvalue weighted by Gasteiger charge is 1.93. The molecule has 0 saturated carbocycles. The number of rotatable bonds is 0. The van der Waals surface area contributed by atoms with Gasteiger partial charge in [-0.15, -0.1) is 0 Å². The number of aromatic nitrogens is 2. The van der Waals surface area contributed by atoms with Gasteiger partial charge >= 0.3 is 0 Å². The van der Waals surface area contributed by atoms with Gasteiger partial charge in [0.2, 0.25) is 0 Å². The molecule has 0 saturated heterocycles. The van der Waals surface area contributed by atoms with E-state index in [1.54, 1.807) is 0 Å². The van der Waals surface area contributed by atoms with Crippen molar-refractivity contribution in [2.45, 2.75) is 34.6 Å². The second-order valence-corrected chi connectivity index (χ2v) is 2.34. The van der Waals surface area contributed by atoms with Crippen LogP contribution < -0.4 is 0 Å². The molecule has 0 atom stereocenters. The molecular weight excluding hydrogens is 172 g/mol. The Morgan fingerprint density at radius 2 is 1.64 bits per heavy atom. The summed E-state index contributed by atoms with van der Waals surface area (Å²) in [6, 6.07) is 8.01. The summed E-state index contributed by atoms with van der Waals surface area (Å²) >= 11 is 0. The summed E-state index contributed by atoms with van der Waals surface area (Å²) in [4.78, 5) is 7.40. The van der Waals surface area contributed by atoms with Crippen LogP contribution in [0.3, 0.4) is 0 Å². The Morgan fingerprint density at radius 1 is 1.07 bits per heavy atom. The number of hydrogen-bond donors (Lipinski definition) is 1. The van der Waals surface area contributed by atoms with Gasteiger partial charge in [0.25, 0.3) is 0 Å². The van der Waals surface area contributed by atoms with Gasteiger partial charge in [0.05, 0.1) is 11.0 Å². The summed E-state index contributed by atoms with van der Waals surface area (Å²) in [6.45, 7) is 9.96. The summed E-state index contributed by atoms with van der Waals surface area (Å²) in [6.07, 6.45) is 0. The van der Waals surface area contributed by atoms with Crippen LogP contribution in [0.4, 0.5) is 0 Å². The summed E-state index contributed by atoms with van der Waals surface area (Å²) in [7, 11) is 0. The average Bonchev–Trinajstić information content (AvgIpc) is 2.64. The number of aryl methyl sites for hydroxylation is 1. The Morgan fingerprint density at radius 3 is 2.21 bits per heavy atom. The zero-order chi connectivity index (χ0) is 11.0. The van der Waals surface area contributed by atoms with Crippen molar-refractivity contribution in [3.63, 3.8) is 0 Å². The molecular formula is C12H22N2. The normalized spacial score (nSPS) is 8.36. The fourth-order valence-corrected chi connectivity index (χ4v) is 1.08. The van der Waals surface area contributed by atoms with Gasteiger partial charge in [0, 0.05) is 1.43 Å². The molecule has 1 aromatic carbocycles. The van der Waals surface area contributed by atoms with Crippen LogP contribution in [0.15, 0.2) is 24.3 Å². The summed E-state index contributed by atoms with van der Waals surface area (Å²) in [5, 5.41) is 0. The van der Waals surface area contributed by atoms with Crippen molar-refractivity contribution >= 4 is 11.0 Å². The maximum atomic E-state index is 4.26. The van der Waals surface area contributed by atoms with E-state index in [2.05, 4.69) is 9.97 Å². The number of aromatic amines is 1. The van der Waals surface area contributed by atoms with Gasteiger partial charge in [-0.3, -0.25) is 0 Å². The molecule has 0 amide bonds. The molecule has 0 radical (unpaired) electrons. The lowest BCUT2D eigenvalue weighted by atomic mass is 10.3. The predicted molar refractivity (Wildman–Crippen MR) is 65.6 cm³/mol. The molecule has 2 heteroatoms. The third-order valence-electron chi connectivity index (χ3n) is 1.51. The molecule has 0 spiro atoms. The predicted octanol–water partition coefficient (Wildman–Crippen LogP) is 4.17. The molecule has 0 bridgehead atoms. The fraction of sp³-hybridized carbons (Fsp3) is 0.417. The van der Waals surface area contributed by atoms with Crippen LogP contribution in [-0.4, -0.2) is 9.97 Å². The maximum absolute atomic E-state index is 4.26. The molecule has 0 aliphatic heterocycles. The van der Waals surface area contributed by atoms with E-state index >= 15 is 0 Å². The van der Waals surface area contributed by atoms with Crippen molar-refractivity contribution in [1.29, 1.82) is 0 Å². The summed E-state index contributed by atoms with van der Waals surface area (Å²) in [5.74, 6) is 0.973. The molecule has 0 aliphatic rings. The van der Waals surface area contributed by atoms with Crippen molar-refractivity contribution < 1.29 is 1.43 Å². The topological polar surface area (TPSA) is 28.7 Å². The summed E-state index contributed by atoms with van der Waals surface area (Å²) in [5.41, 5.74) is 2.15. The van der Waals surface area contributed by atoms with Gasteiger partial charge in [-0.1, -0.05) is 39.8 Å². The van der Waals surface area contributed by atoms with Crippen molar-refractivity contribution in [2.75, 3.05) is 0 Å². The van der Waals surface area contributed by atoms with Gasteiger partial charge in [-0.25, -0.2) is 4.98 Å². The molecule has 1 N–H and O–H groups in total. The van der Waals surface area contributed by atoms with Crippen LogP contribution in [0.25, 0.3) is 11.0 Å². The molecule has 0 fully saturated rings. The highest BCUT2D eigenvalue weighted by atomic mass is 14.9. The number of nitrogens with one attached hydrogen (secondary N) is 1. The van der Waals surface area contributed by atoms with E-state index in [-0.39, 0.29) is 1.43 Å². The lowest BCUT2D eigenvalue weighted by Crippen LogP contribution is -1.68. The van der Waals surface area contributed by atoms with Crippen molar-refractivity contribution in [1.82, 2.24) is 9.97 Å². The quantitative estimate of drug-likeness (QED) is 0.670. The lowest BCUT2D eigenvalue weighted by molar-refractivity contribution is 1.17. The minimum Gasteiger partial charge on any atom is -0.342 e. The number of H-pyrrole nitrogens is 1. The Labute approximate surface area is 87.9 Å². The second-order valence-electron chi connectivity index (χ2n) is 2.34. The third-order valence-corrected chi connectivity index (χ3v) is 1.51.